The Balaban J connectivity index is 2.59. The Kier molecular flexibility index (Phi) is 10.3. The molecule has 0 fully saturated rings. The van der Waals surface area contributed by atoms with Gasteiger partial charge in [0.15, 0.2) is 0 Å². The highest BCUT2D eigenvalue weighted by Gasteiger charge is 1.74. The van der Waals surface area contributed by atoms with Gasteiger partial charge in [-0.25, -0.2) is 0 Å². The molecule has 0 heteroatoms. The Bertz CT molecular complexity index is 440. The van der Waals surface area contributed by atoms with Gasteiger partial charge in [-0.1, -0.05) is 109 Å². The summed E-state index contributed by atoms with van der Waals surface area (Å²) in [7, 11) is 0. The van der Waals surface area contributed by atoms with Crippen molar-refractivity contribution >= 4 is 0 Å². The minimum absolute atomic E-state index is 1.07. The lowest BCUT2D eigenvalue weighted by molar-refractivity contribution is 1.05. The predicted molar refractivity (Wildman–Crippen MR) is 91.5 cm³/mol. The van der Waals surface area contributed by atoms with Gasteiger partial charge in [-0.3, -0.25) is 0 Å². The fourth-order valence-electron chi connectivity index (χ4n) is 1.44. The molecule has 0 aliphatic heterocycles. The van der Waals surface area contributed by atoms with Crippen LogP contribution in [0.1, 0.15) is 12.8 Å². The molecule has 0 atom stereocenters. The first-order chi connectivity index (χ1) is 10.0. The van der Waals surface area contributed by atoms with Crippen molar-refractivity contribution < 1.29 is 0 Å². The van der Waals surface area contributed by atoms with Crippen molar-refractivity contribution in [1.29, 1.82) is 0 Å². The molecule has 0 saturated carbocycles. The zero-order valence-corrected chi connectivity index (χ0v) is 11.8. The molecule has 0 unspecified atom stereocenters. The van der Waals surface area contributed by atoms with Gasteiger partial charge in [0.25, 0.3) is 0 Å². The van der Waals surface area contributed by atoms with E-state index >= 15 is 0 Å². The summed E-state index contributed by atoms with van der Waals surface area (Å²) in [5, 5.41) is 0. The summed E-state index contributed by atoms with van der Waals surface area (Å²) in [5.74, 6) is 0. The molecule has 0 spiro atoms. The molecule has 0 aromatic heterocycles. The minimum Gasteiger partial charge on any atom is -0.0842 e. The van der Waals surface area contributed by atoms with Crippen LogP contribution in [0.5, 0.6) is 0 Å². The smallest absolute Gasteiger partial charge is 0.0313 e. The standard InChI is InChI=1S/C20H22/c1-2-4-6-8-10-12-14-16-18-20-19-17-15-13-11-9-7-5-3-1/h1-18H,19-20H2/b2-1+,5-3-,6-4+,9-7+,10-8+,13-11+,14-12-,17-15-,18-16?. The highest BCUT2D eigenvalue weighted by molar-refractivity contribution is 5.22. The van der Waals surface area contributed by atoms with Gasteiger partial charge in [-0.05, 0) is 12.8 Å². The third kappa shape index (κ3) is 10.8. The van der Waals surface area contributed by atoms with E-state index in [0.717, 1.165) is 12.8 Å². The van der Waals surface area contributed by atoms with Gasteiger partial charge in [-0.2, -0.15) is 0 Å². The Hall–Kier alpha value is -2.34. The molecule has 1 rings (SSSR count). The van der Waals surface area contributed by atoms with Crippen molar-refractivity contribution in [2.45, 2.75) is 12.8 Å². The van der Waals surface area contributed by atoms with Crippen molar-refractivity contribution in [1.82, 2.24) is 0 Å². The first-order valence-corrected chi connectivity index (χ1v) is 6.98. The van der Waals surface area contributed by atoms with Gasteiger partial charge in [0.2, 0.25) is 0 Å². The van der Waals surface area contributed by atoms with Crippen molar-refractivity contribution in [2.24, 2.45) is 0 Å². The zero-order chi connectivity index (χ0) is 14.1. The number of allylic oxidation sites excluding steroid dienone is 18. The predicted octanol–water partition coefficient (Wildman–Crippen LogP) is 5.79. The van der Waals surface area contributed by atoms with Crippen LogP contribution in [0.25, 0.3) is 0 Å². The number of hydrogen-bond donors (Lipinski definition) is 0. The van der Waals surface area contributed by atoms with E-state index in [1.807, 2.05) is 72.9 Å². The van der Waals surface area contributed by atoms with Crippen molar-refractivity contribution in [2.75, 3.05) is 0 Å². The molecule has 0 saturated heterocycles. The maximum Gasteiger partial charge on any atom is -0.0313 e. The van der Waals surface area contributed by atoms with Gasteiger partial charge in [0.1, 0.15) is 0 Å². The summed E-state index contributed by atoms with van der Waals surface area (Å²) in [5.41, 5.74) is 0. The van der Waals surface area contributed by atoms with Gasteiger partial charge >= 0.3 is 0 Å². The van der Waals surface area contributed by atoms with E-state index in [1.165, 1.54) is 0 Å². The Morgan fingerprint density at radius 3 is 0.700 bits per heavy atom. The van der Waals surface area contributed by atoms with Crippen LogP contribution < -0.4 is 0 Å². The zero-order valence-electron chi connectivity index (χ0n) is 11.8. The largest absolute Gasteiger partial charge is 0.0842 e. The second-order valence-corrected chi connectivity index (χ2v) is 4.13. The van der Waals surface area contributed by atoms with Gasteiger partial charge < -0.3 is 0 Å². The number of rotatable bonds is 0. The van der Waals surface area contributed by atoms with E-state index in [4.69, 9.17) is 0 Å². The highest BCUT2D eigenvalue weighted by atomic mass is 13.8. The Morgan fingerprint density at radius 2 is 0.450 bits per heavy atom. The molecular weight excluding hydrogens is 240 g/mol. The molecule has 0 aromatic rings. The molecule has 1 aliphatic rings. The SMILES string of the molecule is C1=CCC\C=C/C=C/C=C/C=C\C=C\C=C\C=C\C=C/1. The summed E-state index contributed by atoms with van der Waals surface area (Å²) in [4.78, 5) is 0. The van der Waals surface area contributed by atoms with Crippen LogP contribution in [0.3, 0.4) is 0 Å². The van der Waals surface area contributed by atoms with Crippen LogP contribution in [0, 0.1) is 0 Å². The fourth-order valence-corrected chi connectivity index (χ4v) is 1.44. The lowest BCUT2D eigenvalue weighted by Crippen LogP contribution is -1.63. The van der Waals surface area contributed by atoms with E-state index in [0.29, 0.717) is 0 Å². The second-order valence-electron chi connectivity index (χ2n) is 4.13. The molecule has 0 radical (unpaired) electrons. The summed E-state index contributed by atoms with van der Waals surface area (Å²) < 4.78 is 0. The molecule has 1 aliphatic carbocycles. The lowest BCUT2D eigenvalue weighted by Gasteiger charge is -1.84. The third-order valence-corrected chi connectivity index (χ3v) is 2.44. The average Bonchev–Trinajstić information content (AvgIpc) is 2.46. The first-order valence-electron chi connectivity index (χ1n) is 6.98. The Labute approximate surface area is 122 Å². The van der Waals surface area contributed by atoms with Crippen LogP contribution in [-0.2, 0) is 0 Å². The van der Waals surface area contributed by atoms with Crippen LogP contribution in [0.2, 0.25) is 0 Å². The third-order valence-electron chi connectivity index (χ3n) is 2.44. The molecule has 0 bridgehead atoms. The molecule has 20 heavy (non-hydrogen) atoms. The van der Waals surface area contributed by atoms with E-state index in [2.05, 4.69) is 36.5 Å². The lowest BCUT2D eigenvalue weighted by atomic mass is 10.2. The molecule has 0 aromatic carbocycles. The van der Waals surface area contributed by atoms with Crippen LogP contribution in [-0.4, -0.2) is 0 Å². The van der Waals surface area contributed by atoms with Crippen molar-refractivity contribution in [3.63, 3.8) is 0 Å². The van der Waals surface area contributed by atoms with Gasteiger partial charge in [-0.15, -0.1) is 0 Å². The van der Waals surface area contributed by atoms with Gasteiger partial charge in [0, 0.05) is 0 Å². The molecule has 0 heterocycles. The Morgan fingerprint density at radius 1 is 0.250 bits per heavy atom. The maximum atomic E-state index is 2.18. The summed E-state index contributed by atoms with van der Waals surface area (Å²) in [6, 6.07) is 0. The van der Waals surface area contributed by atoms with E-state index in [9.17, 15) is 0 Å². The minimum atomic E-state index is 1.07. The van der Waals surface area contributed by atoms with E-state index in [-0.39, 0.29) is 0 Å². The monoisotopic (exact) mass is 262 g/mol. The normalized spacial score (nSPS) is 29.6. The highest BCUT2D eigenvalue weighted by Crippen LogP contribution is 1.94. The summed E-state index contributed by atoms with van der Waals surface area (Å²) in [6.45, 7) is 0. The maximum absolute atomic E-state index is 2.18. The van der Waals surface area contributed by atoms with E-state index in [1.54, 1.807) is 0 Å². The quantitative estimate of drug-likeness (QED) is 0.518. The average molecular weight is 262 g/mol. The van der Waals surface area contributed by atoms with Crippen molar-refractivity contribution in [3.05, 3.63) is 109 Å². The fraction of sp³-hybridized carbons (Fsp3) is 0.100. The molecule has 0 N–H and O–H groups in total. The molecular formula is C20H22. The van der Waals surface area contributed by atoms with Crippen LogP contribution >= 0.6 is 0 Å². The second kappa shape index (κ2) is 13.1. The number of hydrogen-bond acceptors (Lipinski definition) is 0. The molecule has 0 amide bonds. The van der Waals surface area contributed by atoms with Crippen LogP contribution in [0.4, 0.5) is 0 Å². The molecule has 0 nitrogen and oxygen atoms in total. The van der Waals surface area contributed by atoms with E-state index < -0.39 is 0 Å². The van der Waals surface area contributed by atoms with Crippen LogP contribution in [0.15, 0.2) is 109 Å². The van der Waals surface area contributed by atoms with Crippen molar-refractivity contribution in [3.8, 4) is 0 Å². The first kappa shape index (κ1) is 15.7. The topological polar surface area (TPSA) is 0 Å². The summed E-state index contributed by atoms with van der Waals surface area (Å²) in [6.07, 6.45) is 39.0. The van der Waals surface area contributed by atoms with Gasteiger partial charge in [0.05, 0.1) is 0 Å². The molecule has 102 valence electrons. The summed E-state index contributed by atoms with van der Waals surface area (Å²) >= 11 is 0.